The molecule has 1 fully saturated rings. The lowest BCUT2D eigenvalue weighted by molar-refractivity contribution is 0.0652. The van der Waals surface area contributed by atoms with Crippen LogP contribution in [0.1, 0.15) is 10.4 Å². The van der Waals surface area contributed by atoms with Crippen molar-refractivity contribution in [3.8, 4) is 6.07 Å². The Balaban J connectivity index is 1.98. The Kier molecular flexibility index (Phi) is 4.19. The number of carbonyl (C=O) groups excluding carboxylic acids is 1. The number of hydrogen-bond acceptors (Lipinski definition) is 3. The summed E-state index contributed by atoms with van der Waals surface area (Å²) < 4.78 is 0. The molecule has 1 aromatic carbocycles. The maximum atomic E-state index is 12.2. The molecule has 0 aromatic heterocycles. The number of nitriles is 1. The van der Waals surface area contributed by atoms with Gasteiger partial charge in [-0.25, -0.2) is 0 Å². The molecule has 1 aromatic rings. The van der Waals surface area contributed by atoms with Crippen LogP contribution in [-0.4, -0.2) is 48.4 Å². The number of hydrogen-bond donors (Lipinski definition) is 0. The van der Waals surface area contributed by atoms with Gasteiger partial charge in [-0.2, -0.15) is 5.26 Å². The van der Waals surface area contributed by atoms with E-state index in [-0.39, 0.29) is 5.91 Å². The minimum atomic E-state index is 0.00843. The highest BCUT2D eigenvalue weighted by molar-refractivity contribution is 6.30. The van der Waals surface area contributed by atoms with Crippen molar-refractivity contribution in [1.29, 1.82) is 5.26 Å². The molecule has 1 amide bonds. The van der Waals surface area contributed by atoms with Gasteiger partial charge in [-0.1, -0.05) is 17.7 Å². The highest BCUT2D eigenvalue weighted by atomic mass is 35.5. The molecule has 0 N–H and O–H groups in total. The van der Waals surface area contributed by atoms with Crippen molar-refractivity contribution in [3.05, 3.63) is 34.9 Å². The summed E-state index contributed by atoms with van der Waals surface area (Å²) in [5, 5.41) is 9.19. The van der Waals surface area contributed by atoms with Crippen LogP contribution in [0.4, 0.5) is 0 Å². The van der Waals surface area contributed by atoms with Crippen LogP contribution in [0, 0.1) is 11.3 Å². The number of carbonyl (C=O) groups is 1. The van der Waals surface area contributed by atoms with Crippen LogP contribution in [-0.2, 0) is 0 Å². The first kappa shape index (κ1) is 12.9. The second-order valence-electron chi connectivity index (χ2n) is 4.24. The van der Waals surface area contributed by atoms with Gasteiger partial charge in [-0.3, -0.25) is 9.69 Å². The van der Waals surface area contributed by atoms with Gasteiger partial charge in [0.15, 0.2) is 0 Å². The maximum absolute atomic E-state index is 12.2. The quantitative estimate of drug-likeness (QED) is 0.762. The summed E-state index contributed by atoms with van der Waals surface area (Å²) in [5.74, 6) is 0.00843. The molecule has 2 rings (SSSR count). The molecule has 0 saturated carbocycles. The van der Waals surface area contributed by atoms with Crippen molar-refractivity contribution in [2.45, 2.75) is 0 Å². The maximum Gasteiger partial charge on any atom is 0.253 e. The molecule has 5 heteroatoms. The van der Waals surface area contributed by atoms with Crippen LogP contribution >= 0.6 is 11.6 Å². The molecule has 0 unspecified atom stereocenters. The van der Waals surface area contributed by atoms with E-state index in [1.807, 2.05) is 4.90 Å². The molecular weight excluding hydrogens is 250 g/mol. The van der Waals surface area contributed by atoms with Crippen molar-refractivity contribution in [2.24, 2.45) is 0 Å². The summed E-state index contributed by atoms with van der Waals surface area (Å²) in [4.78, 5) is 16.0. The fourth-order valence-electron chi connectivity index (χ4n) is 2.01. The Morgan fingerprint density at radius 1 is 1.33 bits per heavy atom. The minimum Gasteiger partial charge on any atom is -0.336 e. The molecule has 0 bridgehead atoms. The van der Waals surface area contributed by atoms with Crippen LogP contribution in [0.25, 0.3) is 0 Å². The van der Waals surface area contributed by atoms with Crippen LogP contribution in [0.2, 0.25) is 5.02 Å². The van der Waals surface area contributed by atoms with E-state index in [0.29, 0.717) is 30.2 Å². The molecule has 1 aliphatic heterocycles. The third-order valence-electron chi connectivity index (χ3n) is 3.03. The van der Waals surface area contributed by atoms with E-state index in [0.717, 1.165) is 13.1 Å². The molecule has 1 saturated heterocycles. The molecule has 1 aliphatic rings. The summed E-state index contributed by atoms with van der Waals surface area (Å²) in [6.45, 7) is 3.25. The molecule has 94 valence electrons. The number of rotatable bonds is 2. The first-order chi connectivity index (χ1) is 8.70. The van der Waals surface area contributed by atoms with Crippen molar-refractivity contribution in [2.75, 3.05) is 32.7 Å². The summed E-state index contributed by atoms with van der Waals surface area (Å²) >= 11 is 5.88. The monoisotopic (exact) mass is 263 g/mol. The number of amides is 1. The van der Waals surface area contributed by atoms with Gasteiger partial charge in [-0.05, 0) is 18.2 Å². The Bertz CT molecular complexity index is 475. The molecule has 0 radical (unpaired) electrons. The van der Waals surface area contributed by atoms with Gasteiger partial charge >= 0.3 is 0 Å². The largest absolute Gasteiger partial charge is 0.336 e. The Labute approximate surface area is 111 Å². The zero-order valence-corrected chi connectivity index (χ0v) is 10.7. The topological polar surface area (TPSA) is 47.3 Å². The van der Waals surface area contributed by atoms with Crippen molar-refractivity contribution in [3.63, 3.8) is 0 Å². The lowest BCUT2D eigenvalue weighted by Gasteiger charge is -2.33. The average molecular weight is 264 g/mol. The molecule has 1 heterocycles. The highest BCUT2D eigenvalue weighted by Gasteiger charge is 2.21. The van der Waals surface area contributed by atoms with Gasteiger partial charge in [0.25, 0.3) is 5.91 Å². The summed E-state index contributed by atoms with van der Waals surface area (Å²) in [7, 11) is 0. The van der Waals surface area contributed by atoms with E-state index in [1.165, 1.54) is 0 Å². The zero-order valence-electron chi connectivity index (χ0n) is 9.97. The summed E-state index contributed by atoms with van der Waals surface area (Å²) in [5.41, 5.74) is 0.622. The van der Waals surface area contributed by atoms with Gasteiger partial charge in [0, 0.05) is 36.8 Å². The predicted octanol–water partition coefficient (Wildman–Crippen LogP) is 1.62. The molecule has 18 heavy (non-hydrogen) atoms. The van der Waals surface area contributed by atoms with Gasteiger partial charge < -0.3 is 4.90 Å². The van der Waals surface area contributed by atoms with E-state index < -0.39 is 0 Å². The fourth-order valence-corrected chi connectivity index (χ4v) is 2.20. The minimum absolute atomic E-state index is 0.00843. The highest BCUT2D eigenvalue weighted by Crippen LogP contribution is 2.14. The van der Waals surface area contributed by atoms with Gasteiger partial charge in [-0.15, -0.1) is 0 Å². The van der Waals surface area contributed by atoms with E-state index in [4.69, 9.17) is 16.9 Å². The van der Waals surface area contributed by atoms with Gasteiger partial charge in [0.1, 0.15) is 0 Å². The Hall–Kier alpha value is -1.57. The first-order valence-corrected chi connectivity index (χ1v) is 6.22. The molecule has 4 nitrogen and oxygen atoms in total. The smallest absolute Gasteiger partial charge is 0.253 e. The van der Waals surface area contributed by atoms with Crippen LogP contribution in [0.15, 0.2) is 24.3 Å². The first-order valence-electron chi connectivity index (χ1n) is 5.85. The van der Waals surface area contributed by atoms with Crippen LogP contribution < -0.4 is 0 Å². The Morgan fingerprint density at radius 3 is 2.67 bits per heavy atom. The molecule has 0 spiro atoms. The zero-order chi connectivity index (χ0) is 13.0. The second kappa shape index (κ2) is 5.85. The third kappa shape index (κ3) is 3.00. The summed E-state index contributed by atoms with van der Waals surface area (Å²) in [6, 6.07) is 9.12. The lowest BCUT2D eigenvalue weighted by Crippen LogP contribution is -2.48. The van der Waals surface area contributed by atoms with Crippen molar-refractivity contribution < 1.29 is 4.79 Å². The summed E-state index contributed by atoms with van der Waals surface area (Å²) in [6.07, 6.45) is 0. The van der Waals surface area contributed by atoms with E-state index in [1.54, 1.807) is 29.2 Å². The normalized spacial score (nSPS) is 16.3. The average Bonchev–Trinajstić information content (AvgIpc) is 2.39. The number of benzene rings is 1. The second-order valence-corrected chi connectivity index (χ2v) is 4.67. The third-order valence-corrected chi connectivity index (χ3v) is 3.26. The van der Waals surface area contributed by atoms with Crippen LogP contribution in [0.5, 0.6) is 0 Å². The molecule has 0 atom stereocenters. The van der Waals surface area contributed by atoms with Crippen molar-refractivity contribution in [1.82, 2.24) is 9.80 Å². The van der Waals surface area contributed by atoms with Crippen LogP contribution in [0.3, 0.4) is 0 Å². The standard InChI is InChI=1S/C13H14ClN3O/c14-12-3-1-2-11(10-12)13(18)17-8-6-16(5-4-15)7-9-17/h1-3,10H,5-9H2. The van der Waals surface area contributed by atoms with E-state index in [2.05, 4.69) is 6.07 Å². The molecular formula is C13H14ClN3O. The van der Waals surface area contributed by atoms with Gasteiger partial charge in [0.05, 0.1) is 12.6 Å². The van der Waals surface area contributed by atoms with E-state index in [9.17, 15) is 4.79 Å². The number of nitrogens with zero attached hydrogens (tertiary/aromatic N) is 3. The fraction of sp³-hybridized carbons (Fsp3) is 0.385. The lowest BCUT2D eigenvalue weighted by atomic mass is 10.2. The van der Waals surface area contributed by atoms with E-state index >= 15 is 0 Å². The molecule has 0 aliphatic carbocycles. The van der Waals surface area contributed by atoms with Gasteiger partial charge in [0.2, 0.25) is 0 Å². The SMILES string of the molecule is N#CCN1CCN(C(=O)c2cccc(Cl)c2)CC1. The predicted molar refractivity (Wildman–Crippen MR) is 69.4 cm³/mol. The van der Waals surface area contributed by atoms with Crippen molar-refractivity contribution >= 4 is 17.5 Å². The number of halogens is 1. The number of piperazine rings is 1. The Morgan fingerprint density at radius 2 is 2.06 bits per heavy atom.